The number of thiazole rings is 2. The Balaban J connectivity index is 1.38. The number of imidazole rings is 1. The van der Waals surface area contributed by atoms with Crippen molar-refractivity contribution >= 4 is 50.3 Å². The van der Waals surface area contributed by atoms with Crippen molar-refractivity contribution in [3.05, 3.63) is 69.4 Å². The van der Waals surface area contributed by atoms with E-state index in [4.69, 9.17) is 11.6 Å². The fraction of sp³-hybridized carbons (Fsp3) is 0.118. The van der Waals surface area contributed by atoms with Crippen LogP contribution in [0.2, 0.25) is 5.02 Å². The van der Waals surface area contributed by atoms with Crippen LogP contribution in [0.3, 0.4) is 0 Å². The van der Waals surface area contributed by atoms with Gasteiger partial charge in [0, 0.05) is 40.3 Å². The standard InChI is InChI=1S/C17H13ClN4OS2/c18-12-3-1-2-11(6-12)7-14-9-19-16(25-14)21-15(23)8-13-10-22-4-5-24-17(22)20-13/h1-6,9-10H,7-8H2,(H,19,21,23). The number of halogens is 1. The molecule has 0 unspecified atom stereocenters. The summed E-state index contributed by atoms with van der Waals surface area (Å²) in [6.45, 7) is 0. The lowest BCUT2D eigenvalue weighted by molar-refractivity contribution is -0.115. The largest absolute Gasteiger partial charge is 0.302 e. The molecule has 5 nitrogen and oxygen atoms in total. The van der Waals surface area contributed by atoms with Crippen molar-refractivity contribution < 1.29 is 4.79 Å². The number of anilines is 1. The SMILES string of the molecule is O=C(Cc1cn2ccsc2n1)Nc1ncc(Cc2cccc(Cl)c2)s1. The predicted molar refractivity (Wildman–Crippen MR) is 102 cm³/mol. The topological polar surface area (TPSA) is 59.3 Å². The van der Waals surface area contributed by atoms with Crippen molar-refractivity contribution in [1.29, 1.82) is 0 Å². The number of rotatable bonds is 5. The van der Waals surface area contributed by atoms with Crippen LogP contribution in [0.15, 0.2) is 48.2 Å². The molecule has 1 N–H and O–H groups in total. The Hall–Kier alpha value is -2.22. The van der Waals surface area contributed by atoms with Crippen LogP contribution in [0.4, 0.5) is 5.13 Å². The van der Waals surface area contributed by atoms with Gasteiger partial charge < -0.3 is 5.32 Å². The summed E-state index contributed by atoms with van der Waals surface area (Å²) in [6, 6.07) is 7.73. The molecular weight excluding hydrogens is 376 g/mol. The minimum Gasteiger partial charge on any atom is -0.302 e. The average molecular weight is 389 g/mol. The van der Waals surface area contributed by atoms with Crippen LogP contribution in [0.1, 0.15) is 16.1 Å². The molecule has 1 amide bonds. The van der Waals surface area contributed by atoms with Gasteiger partial charge in [-0.05, 0) is 17.7 Å². The second kappa shape index (κ2) is 6.95. The van der Waals surface area contributed by atoms with Crippen molar-refractivity contribution in [2.75, 3.05) is 5.32 Å². The molecule has 1 aromatic carbocycles. The maximum absolute atomic E-state index is 12.2. The summed E-state index contributed by atoms with van der Waals surface area (Å²) < 4.78 is 1.92. The number of nitrogens with one attached hydrogen (secondary N) is 1. The van der Waals surface area contributed by atoms with E-state index in [1.54, 1.807) is 17.5 Å². The normalized spacial score (nSPS) is 11.1. The minimum atomic E-state index is -0.116. The zero-order valence-electron chi connectivity index (χ0n) is 13.0. The molecule has 126 valence electrons. The van der Waals surface area contributed by atoms with Gasteiger partial charge in [-0.2, -0.15) is 0 Å². The van der Waals surface area contributed by atoms with Gasteiger partial charge in [-0.3, -0.25) is 9.20 Å². The summed E-state index contributed by atoms with van der Waals surface area (Å²) in [4.78, 5) is 22.8. The van der Waals surface area contributed by atoms with E-state index in [0.29, 0.717) is 5.13 Å². The number of carbonyl (C=O) groups is 1. The van der Waals surface area contributed by atoms with E-state index >= 15 is 0 Å². The zero-order chi connectivity index (χ0) is 17.2. The van der Waals surface area contributed by atoms with E-state index in [1.807, 2.05) is 46.4 Å². The first kappa shape index (κ1) is 16.3. The summed E-state index contributed by atoms with van der Waals surface area (Å²) in [6.07, 6.45) is 6.56. The molecule has 8 heteroatoms. The molecule has 4 aromatic rings. The fourth-order valence-electron chi connectivity index (χ4n) is 2.48. The van der Waals surface area contributed by atoms with Crippen molar-refractivity contribution in [2.45, 2.75) is 12.8 Å². The summed E-state index contributed by atoms with van der Waals surface area (Å²) in [7, 11) is 0. The molecule has 0 radical (unpaired) electrons. The van der Waals surface area contributed by atoms with E-state index in [9.17, 15) is 4.79 Å². The van der Waals surface area contributed by atoms with E-state index in [-0.39, 0.29) is 12.3 Å². The first-order valence-electron chi connectivity index (χ1n) is 7.56. The molecule has 0 saturated heterocycles. The quantitative estimate of drug-likeness (QED) is 0.555. The van der Waals surface area contributed by atoms with Gasteiger partial charge in [-0.25, -0.2) is 9.97 Å². The third-order valence-electron chi connectivity index (χ3n) is 3.55. The Bertz CT molecular complexity index is 1010. The predicted octanol–water partition coefficient (Wildman–Crippen LogP) is 4.28. The van der Waals surface area contributed by atoms with Gasteiger partial charge in [0.25, 0.3) is 0 Å². The van der Waals surface area contributed by atoms with Gasteiger partial charge in [-0.15, -0.1) is 22.7 Å². The third kappa shape index (κ3) is 3.89. The molecule has 25 heavy (non-hydrogen) atoms. The van der Waals surface area contributed by atoms with Crippen molar-refractivity contribution in [2.24, 2.45) is 0 Å². The first-order valence-corrected chi connectivity index (χ1v) is 9.63. The Morgan fingerprint density at radius 3 is 3.12 bits per heavy atom. The highest BCUT2D eigenvalue weighted by atomic mass is 35.5. The van der Waals surface area contributed by atoms with Crippen LogP contribution >= 0.6 is 34.3 Å². The van der Waals surface area contributed by atoms with Crippen molar-refractivity contribution in [1.82, 2.24) is 14.4 Å². The lowest BCUT2D eigenvalue weighted by Gasteiger charge is -2.00. The molecule has 3 heterocycles. The number of amides is 1. The number of nitrogens with zero attached hydrogens (tertiary/aromatic N) is 3. The van der Waals surface area contributed by atoms with Gasteiger partial charge in [-0.1, -0.05) is 23.7 Å². The molecule has 0 saturated carbocycles. The van der Waals surface area contributed by atoms with Gasteiger partial charge in [0.2, 0.25) is 5.91 Å². The summed E-state index contributed by atoms with van der Waals surface area (Å²) in [5.74, 6) is -0.116. The number of hydrogen-bond acceptors (Lipinski definition) is 5. The average Bonchev–Trinajstić information content (AvgIpc) is 3.24. The molecule has 0 atom stereocenters. The van der Waals surface area contributed by atoms with Gasteiger partial charge in [0.15, 0.2) is 10.1 Å². The highest BCUT2D eigenvalue weighted by Gasteiger charge is 2.11. The van der Waals surface area contributed by atoms with Crippen molar-refractivity contribution in [3.63, 3.8) is 0 Å². The van der Waals surface area contributed by atoms with Crippen LogP contribution in [-0.2, 0) is 17.6 Å². The molecule has 0 aliphatic heterocycles. The van der Waals surface area contributed by atoms with Crippen LogP contribution in [-0.4, -0.2) is 20.3 Å². The molecule has 0 spiro atoms. The Morgan fingerprint density at radius 1 is 1.36 bits per heavy atom. The number of fused-ring (bicyclic) bond motifs is 1. The van der Waals surface area contributed by atoms with E-state index in [0.717, 1.165) is 32.5 Å². The maximum Gasteiger partial charge on any atom is 0.232 e. The Labute approximate surface area is 156 Å². The second-order valence-electron chi connectivity index (χ2n) is 5.49. The van der Waals surface area contributed by atoms with Gasteiger partial charge >= 0.3 is 0 Å². The molecular formula is C17H13ClN4OS2. The van der Waals surface area contributed by atoms with Gasteiger partial charge in [0.05, 0.1) is 12.1 Å². The molecule has 0 aliphatic carbocycles. The lowest BCUT2D eigenvalue weighted by atomic mass is 10.1. The first-order chi connectivity index (χ1) is 12.2. The third-order valence-corrected chi connectivity index (χ3v) is 5.47. The van der Waals surface area contributed by atoms with Crippen LogP contribution in [0, 0.1) is 0 Å². The molecule has 0 bridgehead atoms. The molecule has 0 fully saturated rings. The smallest absolute Gasteiger partial charge is 0.232 e. The molecule has 3 aromatic heterocycles. The summed E-state index contributed by atoms with van der Waals surface area (Å²) in [5.41, 5.74) is 1.87. The zero-order valence-corrected chi connectivity index (χ0v) is 15.4. The Kier molecular flexibility index (Phi) is 4.52. The fourth-order valence-corrected chi connectivity index (χ4v) is 4.28. The molecule has 4 rings (SSSR count). The van der Waals surface area contributed by atoms with E-state index in [2.05, 4.69) is 15.3 Å². The second-order valence-corrected chi connectivity index (χ2v) is 7.91. The van der Waals surface area contributed by atoms with Crippen LogP contribution in [0.25, 0.3) is 4.96 Å². The number of benzene rings is 1. The van der Waals surface area contributed by atoms with Crippen molar-refractivity contribution in [3.8, 4) is 0 Å². The highest BCUT2D eigenvalue weighted by Crippen LogP contribution is 2.22. The lowest BCUT2D eigenvalue weighted by Crippen LogP contribution is -2.14. The van der Waals surface area contributed by atoms with E-state index in [1.165, 1.54) is 11.3 Å². The maximum atomic E-state index is 12.2. The number of carbonyl (C=O) groups excluding carboxylic acids is 1. The van der Waals surface area contributed by atoms with Crippen LogP contribution < -0.4 is 5.32 Å². The molecule has 0 aliphatic rings. The Morgan fingerprint density at radius 2 is 2.28 bits per heavy atom. The van der Waals surface area contributed by atoms with Gasteiger partial charge in [0.1, 0.15) is 0 Å². The number of hydrogen-bond donors (Lipinski definition) is 1. The summed E-state index contributed by atoms with van der Waals surface area (Å²) in [5, 5.41) is 6.12. The monoisotopic (exact) mass is 388 g/mol. The summed E-state index contributed by atoms with van der Waals surface area (Å²) >= 11 is 9.02. The van der Waals surface area contributed by atoms with E-state index < -0.39 is 0 Å². The van der Waals surface area contributed by atoms with Crippen LogP contribution in [0.5, 0.6) is 0 Å². The minimum absolute atomic E-state index is 0.116. The number of aromatic nitrogens is 3. The highest BCUT2D eigenvalue weighted by molar-refractivity contribution is 7.15.